The molecule has 2 saturated heterocycles. The molecule has 4 rings (SSSR count). The zero-order valence-electron chi connectivity index (χ0n) is 16.0. The van der Waals surface area contributed by atoms with Gasteiger partial charge in [-0.25, -0.2) is 0 Å². The van der Waals surface area contributed by atoms with Gasteiger partial charge in [-0.15, -0.1) is 0 Å². The number of rotatable bonds is 4. The molecule has 0 saturated carbocycles. The van der Waals surface area contributed by atoms with Crippen LogP contribution in [0.2, 0.25) is 0 Å². The summed E-state index contributed by atoms with van der Waals surface area (Å²) in [5, 5.41) is 0. The number of hydrogen-bond acceptors (Lipinski definition) is 3. The van der Waals surface area contributed by atoms with Crippen molar-refractivity contribution in [2.45, 2.75) is 25.8 Å². The Morgan fingerprint density at radius 2 is 1.41 bits per heavy atom. The number of benzene rings is 2. The quantitative estimate of drug-likeness (QED) is 0.830. The molecule has 0 atom stereocenters. The average molecular weight is 364 g/mol. The van der Waals surface area contributed by atoms with Gasteiger partial charge in [0, 0.05) is 57.1 Å². The molecule has 27 heavy (non-hydrogen) atoms. The summed E-state index contributed by atoms with van der Waals surface area (Å²) in [6.45, 7) is 6.72. The lowest BCUT2D eigenvalue weighted by Gasteiger charge is -2.35. The highest BCUT2D eigenvalue weighted by Crippen LogP contribution is 2.21. The van der Waals surface area contributed by atoms with Gasteiger partial charge >= 0.3 is 0 Å². The van der Waals surface area contributed by atoms with E-state index in [0.29, 0.717) is 0 Å². The van der Waals surface area contributed by atoms with Crippen LogP contribution in [0.5, 0.6) is 0 Å². The molecule has 2 aromatic rings. The van der Waals surface area contributed by atoms with E-state index in [1.807, 2.05) is 17.0 Å². The Morgan fingerprint density at radius 3 is 2.07 bits per heavy atom. The van der Waals surface area contributed by atoms with E-state index in [1.165, 1.54) is 30.5 Å². The second-order valence-corrected chi connectivity index (χ2v) is 7.65. The van der Waals surface area contributed by atoms with Crippen LogP contribution in [0.15, 0.2) is 54.6 Å². The molecule has 0 unspecified atom stereocenters. The van der Waals surface area contributed by atoms with E-state index in [-0.39, 0.29) is 5.91 Å². The predicted octanol–water partition coefficient (Wildman–Crippen LogP) is 3.63. The summed E-state index contributed by atoms with van der Waals surface area (Å²) in [6, 6.07) is 18.8. The Bertz CT molecular complexity index is 730. The van der Waals surface area contributed by atoms with Gasteiger partial charge in [-0.2, -0.15) is 0 Å². The molecule has 0 aromatic heterocycles. The molecule has 0 aliphatic carbocycles. The smallest absolute Gasteiger partial charge is 0.253 e. The highest BCUT2D eigenvalue weighted by Gasteiger charge is 2.22. The number of nitrogens with zero attached hydrogens (tertiary/aromatic N) is 3. The summed E-state index contributed by atoms with van der Waals surface area (Å²) in [7, 11) is 0. The van der Waals surface area contributed by atoms with Crippen molar-refractivity contribution in [3.05, 3.63) is 65.7 Å². The third-order valence-corrected chi connectivity index (χ3v) is 5.74. The number of carbonyl (C=O) groups is 1. The highest BCUT2D eigenvalue weighted by atomic mass is 16.2. The van der Waals surface area contributed by atoms with Crippen molar-refractivity contribution in [1.29, 1.82) is 0 Å². The minimum atomic E-state index is 0.166. The molecule has 2 fully saturated rings. The lowest BCUT2D eigenvalue weighted by atomic mass is 10.1. The van der Waals surface area contributed by atoms with Gasteiger partial charge < -0.3 is 9.80 Å². The van der Waals surface area contributed by atoms with E-state index in [9.17, 15) is 4.79 Å². The van der Waals surface area contributed by atoms with E-state index in [2.05, 4.69) is 52.3 Å². The molecule has 0 N–H and O–H groups in total. The summed E-state index contributed by atoms with van der Waals surface area (Å²) in [6.07, 6.45) is 3.88. The first kappa shape index (κ1) is 18.1. The molecule has 4 nitrogen and oxygen atoms in total. The maximum Gasteiger partial charge on any atom is 0.253 e. The van der Waals surface area contributed by atoms with Crippen molar-refractivity contribution < 1.29 is 4.79 Å². The van der Waals surface area contributed by atoms with Crippen LogP contribution >= 0.6 is 0 Å². The number of anilines is 1. The van der Waals surface area contributed by atoms with Gasteiger partial charge in [0.15, 0.2) is 0 Å². The van der Waals surface area contributed by atoms with E-state index < -0.39 is 0 Å². The summed E-state index contributed by atoms with van der Waals surface area (Å²) >= 11 is 0. The average Bonchev–Trinajstić information content (AvgIpc) is 2.75. The van der Waals surface area contributed by atoms with Gasteiger partial charge in [-0.05, 0) is 49.1 Å². The normalized spacial score (nSPS) is 18.5. The van der Waals surface area contributed by atoms with Crippen LogP contribution in [0, 0.1) is 0 Å². The first-order valence-electron chi connectivity index (χ1n) is 10.2. The molecule has 142 valence electrons. The maximum absolute atomic E-state index is 12.8. The fourth-order valence-electron chi connectivity index (χ4n) is 4.10. The molecular formula is C23H29N3O. The largest absolute Gasteiger partial charge is 0.372 e. The molecule has 0 bridgehead atoms. The Hall–Kier alpha value is -2.33. The van der Waals surface area contributed by atoms with E-state index >= 15 is 0 Å². The predicted molar refractivity (Wildman–Crippen MR) is 110 cm³/mol. The zero-order chi connectivity index (χ0) is 18.5. The number of piperazine rings is 1. The molecule has 2 aliphatic heterocycles. The Labute approximate surface area is 162 Å². The minimum absolute atomic E-state index is 0.166. The SMILES string of the molecule is O=C(c1ccc(N2CCCCC2)cc1)N1CCN(Cc2ccccc2)CC1. The van der Waals surface area contributed by atoms with Crippen molar-refractivity contribution in [1.82, 2.24) is 9.80 Å². The third-order valence-electron chi connectivity index (χ3n) is 5.74. The van der Waals surface area contributed by atoms with Crippen LogP contribution < -0.4 is 4.90 Å². The van der Waals surface area contributed by atoms with Crippen LogP contribution in [-0.2, 0) is 6.54 Å². The van der Waals surface area contributed by atoms with Crippen LogP contribution in [-0.4, -0.2) is 55.0 Å². The zero-order valence-corrected chi connectivity index (χ0v) is 16.0. The first-order chi connectivity index (χ1) is 13.3. The maximum atomic E-state index is 12.8. The molecule has 0 radical (unpaired) electrons. The molecule has 1 amide bonds. The topological polar surface area (TPSA) is 26.8 Å². The Kier molecular flexibility index (Phi) is 5.73. The van der Waals surface area contributed by atoms with E-state index in [4.69, 9.17) is 0 Å². The van der Waals surface area contributed by atoms with Gasteiger partial charge in [0.05, 0.1) is 0 Å². The van der Waals surface area contributed by atoms with Gasteiger partial charge in [0.1, 0.15) is 0 Å². The second-order valence-electron chi connectivity index (χ2n) is 7.65. The summed E-state index contributed by atoms with van der Waals surface area (Å²) in [5.74, 6) is 0.166. The monoisotopic (exact) mass is 363 g/mol. The molecular weight excluding hydrogens is 334 g/mol. The molecule has 0 spiro atoms. The Morgan fingerprint density at radius 1 is 0.741 bits per heavy atom. The fourth-order valence-corrected chi connectivity index (χ4v) is 4.10. The molecule has 2 aliphatic rings. The fraction of sp³-hybridized carbons (Fsp3) is 0.435. The first-order valence-corrected chi connectivity index (χ1v) is 10.2. The summed E-state index contributed by atoms with van der Waals surface area (Å²) in [4.78, 5) is 19.7. The lowest BCUT2D eigenvalue weighted by molar-refractivity contribution is 0.0628. The van der Waals surface area contributed by atoms with Gasteiger partial charge in [-0.3, -0.25) is 9.69 Å². The summed E-state index contributed by atoms with van der Waals surface area (Å²) in [5.41, 5.74) is 3.40. The van der Waals surface area contributed by atoms with Crippen molar-refractivity contribution >= 4 is 11.6 Å². The van der Waals surface area contributed by atoms with Crippen LogP contribution in [0.4, 0.5) is 5.69 Å². The minimum Gasteiger partial charge on any atom is -0.372 e. The van der Waals surface area contributed by atoms with E-state index in [1.54, 1.807) is 0 Å². The molecule has 2 aromatic carbocycles. The summed E-state index contributed by atoms with van der Waals surface area (Å²) < 4.78 is 0. The molecule has 4 heteroatoms. The van der Waals surface area contributed by atoms with Crippen LogP contribution in [0.3, 0.4) is 0 Å². The van der Waals surface area contributed by atoms with Gasteiger partial charge in [-0.1, -0.05) is 30.3 Å². The van der Waals surface area contributed by atoms with Gasteiger partial charge in [0.2, 0.25) is 0 Å². The van der Waals surface area contributed by atoms with Crippen molar-refractivity contribution in [2.24, 2.45) is 0 Å². The Balaban J connectivity index is 1.31. The second kappa shape index (κ2) is 8.57. The third kappa shape index (κ3) is 4.51. The number of hydrogen-bond donors (Lipinski definition) is 0. The van der Waals surface area contributed by atoms with Crippen molar-refractivity contribution in [3.8, 4) is 0 Å². The molecule has 2 heterocycles. The lowest BCUT2D eigenvalue weighted by Crippen LogP contribution is -2.48. The van der Waals surface area contributed by atoms with Gasteiger partial charge in [0.25, 0.3) is 5.91 Å². The number of amides is 1. The standard InChI is InChI=1S/C23H29N3O/c27-23(21-9-11-22(12-10-21)25-13-5-2-6-14-25)26-17-15-24(16-18-26)19-20-7-3-1-4-8-20/h1,3-4,7-12H,2,5-6,13-19H2. The van der Waals surface area contributed by atoms with Crippen LogP contribution in [0.25, 0.3) is 0 Å². The van der Waals surface area contributed by atoms with Crippen molar-refractivity contribution in [3.63, 3.8) is 0 Å². The van der Waals surface area contributed by atoms with Crippen molar-refractivity contribution in [2.75, 3.05) is 44.2 Å². The highest BCUT2D eigenvalue weighted by molar-refractivity contribution is 5.94. The number of carbonyl (C=O) groups excluding carboxylic acids is 1. The van der Waals surface area contributed by atoms with Crippen LogP contribution in [0.1, 0.15) is 35.2 Å². The number of piperidine rings is 1. The van der Waals surface area contributed by atoms with E-state index in [0.717, 1.165) is 51.4 Å².